The Labute approximate surface area is 130 Å². The SMILES string of the molecule is CCCC1CCC(CN)(Cc2ccc3c(c2)CCC3)CC1. The van der Waals surface area contributed by atoms with Crippen molar-refractivity contribution in [1.82, 2.24) is 0 Å². The quantitative estimate of drug-likeness (QED) is 0.837. The number of benzene rings is 1. The summed E-state index contributed by atoms with van der Waals surface area (Å²) in [6.45, 7) is 3.18. The fourth-order valence-electron chi connectivity index (χ4n) is 4.61. The van der Waals surface area contributed by atoms with E-state index in [1.54, 1.807) is 11.1 Å². The first-order valence-electron chi connectivity index (χ1n) is 9.05. The third-order valence-electron chi connectivity index (χ3n) is 6.04. The van der Waals surface area contributed by atoms with Crippen LogP contribution in [0.4, 0.5) is 0 Å². The summed E-state index contributed by atoms with van der Waals surface area (Å²) in [4.78, 5) is 0. The number of rotatable bonds is 5. The highest BCUT2D eigenvalue weighted by molar-refractivity contribution is 5.35. The fraction of sp³-hybridized carbons (Fsp3) is 0.700. The molecule has 0 aliphatic heterocycles. The molecule has 0 unspecified atom stereocenters. The molecule has 2 aliphatic rings. The summed E-state index contributed by atoms with van der Waals surface area (Å²) in [5.41, 5.74) is 11.3. The third-order valence-corrected chi connectivity index (χ3v) is 6.04. The molecule has 0 bridgehead atoms. The molecule has 116 valence electrons. The van der Waals surface area contributed by atoms with Gasteiger partial charge in [0.25, 0.3) is 0 Å². The van der Waals surface area contributed by atoms with Crippen molar-refractivity contribution in [3.63, 3.8) is 0 Å². The van der Waals surface area contributed by atoms with Crippen molar-refractivity contribution >= 4 is 0 Å². The minimum absolute atomic E-state index is 0.386. The van der Waals surface area contributed by atoms with Gasteiger partial charge in [0.1, 0.15) is 0 Å². The molecule has 1 aromatic rings. The Bertz CT molecular complexity index is 469. The smallest absolute Gasteiger partial charge is 0.00173 e. The lowest BCUT2D eigenvalue weighted by molar-refractivity contribution is 0.151. The van der Waals surface area contributed by atoms with E-state index in [1.165, 1.54) is 69.8 Å². The van der Waals surface area contributed by atoms with E-state index in [-0.39, 0.29) is 0 Å². The van der Waals surface area contributed by atoms with Crippen LogP contribution in [0.5, 0.6) is 0 Å². The molecule has 0 heterocycles. The third kappa shape index (κ3) is 3.34. The minimum Gasteiger partial charge on any atom is -0.330 e. The molecule has 0 spiro atoms. The van der Waals surface area contributed by atoms with Gasteiger partial charge in [-0.1, -0.05) is 38.0 Å². The monoisotopic (exact) mass is 285 g/mol. The van der Waals surface area contributed by atoms with Crippen molar-refractivity contribution in [3.05, 3.63) is 34.9 Å². The Morgan fingerprint density at radius 2 is 1.90 bits per heavy atom. The Kier molecular flexibility index (Phi) is 4.69. The molecule has 0 amide bonds. The normalized spacial score (nSPS) is 28.6. The molecule has 1 nitrogen and oxygen atoms in total. The molecular formula is C20H31N. The van der Waals surface area contributed by atoms with Crippen molar-refractivity contribution in [2.45, 2.75) is 71.1 Å². The summed E-state index contributed by atoms with van der Waals surface area (Å²) in [7, 11) is 0. The second-order valence-corrected chi connectivity index (χ2v) is 7.57. The zero-order valence-electron chi connectivity index (χ0n) is 13.7. The van der Waals surface area contributed by atoms with E-state index in [0.717, 1.165) is 12.5 Å². The van der Waals surface area contributed by atoms with Gasteiger partial charge in [0.15, 0.2) is 0 Å². The summed E-state index contributed by atoms with van der Waals surface area (Å²) in [5.74, 6) is 0.967. The molecule has 1 aromatic carbocycles. The van der Waals surface area contributed by atoms with Crippen LogP contribution >= 0.6 is 0 Å². The summed E-state index contributed by atoms with van der Waals surface area (Å²) >= 11 is 0. The molecule has 2 aliphatic carbocycles. The lowest BCUT2D eigenvalue weighted by atomic mass is 9.66. The standard InChI is InChI=1S/C20H31N/c1-2-4-16-9-11-20(15-21,12-10-16)14-17-7-8-18-5-3-6-19(18)13-17/h7-8,13,16H,2-6,9-12,14-15,21H2,1H3. The Hall–Kier alpha value is -0.820. The highest BCUT2D eigenvalue weighted by atomic mass is 14.6. The largest absolute Gasteiger partial charge is 0.330 e. The van der Waals surface area contributed by atoms with E-state index in [2.05, 4.69) is 25.1 Å². The molecule has 0 atom stereocenters. The number of aryl methyl sites for hydroxylation is 2. The van der Waals surface area contributed by atoms with Crippen molar-refractivity contribution in [3.8, 4) is 0 Å². The summed E-state index contributed by atoms with van der Waals surface area (Å²) in [5, 5.41) is 0. The number of fused-ring (bicyclic) bond motifs is 1. The van der Waals surface area contributed by atoms with Crippen molar-refractivity contribution in [2.75, 3.05) is 6.54 Å². The molecule has 3 rings (SSSR count). The summed E-state index contributed by atoms with van der Waals surface area (Å²) in [6, 6.07) is 7.24. The molecule has 0 saturated heterocycles. The topological polar surface area (TPSA) is 26.0 Å². The maximum Gasteiger partial charge on any atom is -0.00173 e. The van der Waals surface area contributed by atoms with E-state index in [1.807, 2.05) is 0 Å². The Morgan fingerprint density at radius 3 is 2.62 bits per heavy atom. The van der Waals surface area contributed by atoms with Crippen LogP contribution in [0.3, 0.4) is 0 Å². The van der Waals surface area contributed by atoms with Crippen LogP contribution < -0.4 is 5.73 Å². The van der Waals surface area contributed by atoms with Crippen molar-refractivity contribution in [1.29, 1.82) is 0 Å². The average Bonchev–Trinajstić information content (AvgIpc) is 2.97. The van der Waals surface area contributed by atoms with Crippen LogP contribution in [0.25, 0.3) is 0 Å². The number of hydrogen-bond donors (Lipinski definition) is 1. The first kappa shape index (κ1) is 15.1. The van der Waals surface area contributed by atoms with E-state index < -0.39 is 0 Å². The maximum absolute atomic E-state index is 6.22. The van der Waals surface area contributed by atoms with Crippen molar-refractivity contribution in [2.24, 2.45) is 17.1 Å². The first-order valence-corrected chi connectivity index (χ1v) is 9.05. The number of nitrogens with two attached hydrogens (primary N) is 1. The van der Waals surface area contributed by atoms with Gasteiger partial charge in [-0.25, -0.2) is 0 Å². The van der Waals surface area contributed by atoms with E-state index >= 15 is 0 Å². The molecular weight excluding hydrogens is 254 g/mol. The van der Waals surface area contributed by atoms with Crippen LogP contribution in [-0.2, 0) is 19.3 Å². The van der Waals surface area contributed by atoms with Crippen LogP contribution in [0.15, 0.2) is 18.2 Å². The average molecular weight is 285 g/mol. The van der Waals surface area contributed by atoms with Gasteiger partial charge in [-0.15, -0.1) is 0 Å². The predicted molar refractivity (Wildman–Crippen MR) is 90.5 cm³/mol. The summed E-state index contributed by atoms with van der Waals surface area (Å²) in [6.07, 6.45) is 13.4. The summed E-state index contributed by atoms with van der Waals surface area (Å²) < 4.78 is 0. The Morgan fingerprint density at radius 1 is 1.14 bits per heavy atom. The van der Waals surface area contributed by atoms with Gasteiger partial charge in [0.05, 0.1) is 0 Å². The van der Waals surface area contributed by atoms with E-state index in [9.17, 15) is 0 Å². The van der Waals surface area contributed by atoms with Gasteiger partial charge in [-0.05, 0) is 85.9 Å². The zero-order valence-corrected chi connectivity index (χ0v) is 13.7. The Balaban J connectivity index is 1.67. The number of hydrogen-bond acceptors (Lipinski definition) is 1. The van der Waals surface area contributed by atoms with Gasteiger partial charge in [0, 0.05) is 0 Å². The highest BCUT2D eigenvalue weighted by Gasteiger charge is 2.34. The highest BCUT2D eigenvalue weighted by Crippen LogP contribution is 2.42. The molecule has 0 radical (unpaired) electrons. The molecule has 1 saturated carbocycles. The first-order chi connectivity index (χ1) is 10.2. The van der Waals surface area contributed by atoms with Gasteiger partial charge in [-0.3, -0.25) is 0 Å². The second kappa shape index (κ2) is 6.52. The van der Waals surface area contributed by atoms with E-state index in [4.69, 9.17) is 5.73 Å². The lowest BCUT2D eigenvalue weighted by Crippen LogP contribution is -2.36. The van der Waals surface area contributed by atoms with Crippen LogP contribution in [0.2, 0.25) is 0 Å². The van der Waals surface area contributed by atoms with Gasteiger partial charge in [-0.2, -0.15) is 0 Å². The van der Waals surface area contributed by atoms with Crippen LogP contribution in [0.1, 0.15) is 68.6 Å². The van der Waals surface area contributed by atoms with Gasteiger partial charge < -0.3 is 5.73 Å². The van der Waals surface area contributed by atoms with Crippen molar-refractivity contribution < 1.29 is 0 Å². The molecule has 21 heavy (non-hydrogen) atoms. The molecule has 2 N–H and O–H groups in total. The zero-order chi connectivity index (χ0) is 14.7. The fourth-order valence-corrected chi connectivity index (χ4v) is 4.61. The maximum atomic E-state index is 6.22. The van der Waals surface area contributed by atoms with E-state index in [0.29, 0.717) is 5.41 Å². The molecule has 0 aromatic heterocycles. The van der Waals surface area contributed by atoms with Gasteiger partial charge in [0.2, 0.25) is 0 Å². The van der Waals surface area contributed by atoms with Crippen LogP contribution in [-0.4, -0.2) is 6.54 Å². The predicted octanol–water partition coefficient (Wildman–Crippen LogP) is 4.65. The lowest BCUT2D eigenvalue weighted by Gasteiger charge is -2.40. The van der Waals surface area contributed by atoms with Crippen LogP contribution in [0, 0.1) is 11.3 Å². The molecule has 1 fully saturated rings. The minimum atomic E-state index is 0.386. The molecule has 1 heteroatoms. The van der Waals surface area contributed by atoms with Gasteiger partial charge >= 0.3 is 0 Å². The second-order valence-electron chi connectivity index (χ2n) is 7.57.